The Morgan fingerprint density at radius 3 is 2.65 bits per heavy atom. The number of H-pyrrole nitrogens is 1. The number of rotatable bonds is 6. The number of para-hydroxylation sites is 1. The topological polar surface area (TPSA) is 77.0 Å². The van der Waals surface area contributed by atoms with Crippen LogP contribution in [0.4, 0.5) is 0 Å². The summed E-state index contributed by atoms with van der Waals surface area (Å²) in [5.41, 5.74) is -0.373. The van der Waals surface area contributed by atoms with Gasteiger partial charge in [0.15, 0.2) is 5.78 Å². The largest absolute Gasteiger partial charge is 0.486 e. The number of aromatic nitrogens is 3. The molecule has 2 rings (SSSR count). The number of carbonyl (C=O) groups excluding carboxylic acids is 1. The molecule has 106 valence electrons. The lowest BCUT2D eigenvalue weighted by molar-refractivity contribution is -0.121. The number of hydrogen-bond acceptors (Lipinski definition) is 4. The summed E-state index contributed by atoms with van der Waals surface area (Å²) in [5.74, 6) is 1.10. The highest BCUT2D eigenvalue weighted by Crippen LogP contribution is 2.08. The van der Waals surface area contributed by atoms with Gasteiger partial charge in [0.25, 0.3) is 0 Å². The Balaban J connectivity index is 1.93. The lowest BCUT2D eigenvalue weighted by atomic mass is 10.2. The summed E-state index contributed by atoms with van der Waals surface area (Å²) in [5, 5.41) is 4.08. The fraction of sp³-hybridized carbons (Fsp3) is 0.357. The smallest absolute Gasteiger partial charge is 0.343 e. The van der Waals surface area contributed by atoms with Crippen LogP contribution in [0.3, 0.4) is 0 Å². The zero-order chi connectivity index (χ0) is 14.5. The van der Waals surface area contributed by atoms with Gasteiger partial charge >= 0.3 is 5.69 Å². The summed E-state index contributed by atoms with van der Waals surface area (Å²) in [4.78, 5) is 26.0. The molecule has 1 aromatic carbocycles. The van der Waals surface area contributed by atoms with E-state index < -0.39 is 0 Å². The molecule has 6 heteroatoms. The Hall–Kier alpha value is -2.37. The minimum Gasteiger partial charge on any atom is -0.486 e. The number of aromatic amines is 1. The Morgan fingerprint density at radius 1 is 1.35 bits per heavy atom. The van der Waals surface area contributed by atoms with Crippen molar-refractivity contribution < 1.29 is 9.53 Å². The van der Waals surface area contributed by atoms with E-state index in [4.69, 9.17) is 4.74 Å². The zero-order valence-electron chi connectivity index (χ0n) is 11.5. The van der Waals surface area contributed by atoms with E-state index in [0.717, 1.165) is 4.68 Å². The minimum atomic E-state index is -0.373. The molecular weight excluding hydrogens is 258 g/mol. The van der Waals surface area contributed by atoms with E-state index in [-0.39, 0.29) is 30.5 Å². The first-order chi connectivity index (χ1) is 9.56. The summed E-state index contributed by atoms with van der Waals surface area (Å²) in [6.07, 6.45) is 0. The highest BCUT2D eigenvalue weighted by Gasteiger charge is 2.12. The number of nitrogens with one attached hydrogen (secondary N) is 1. The molecule has 0 fully saturated rings. The SMILES string of the molecule is CC(C)c1nn(CC(=O)COc2ccccc2)c(=O)[nH]1. The van der Waals surface area contributed by atoms with Crippen LogP contribution in [0.1, 0.15) is 25.6 Å². The molecule has 1 N–H and O–H groups in total. The van der Waals surface area contributed by atoms with Crippen LogP contribution in [0.15, 0.2) is 35.1 Å². The van der Waals surface area contributed by atoms with Crippen LogP contribution in [0, 0.1) is 0 Å². The summed E-state index contributed by atoms with van der Waals surface area (Å²) < 4.78 is 6.46. The van der Waals surface area contributed by atoms with E-state index in [0.29, 0.717) is 11.6 Å². The molecule has 1 aromatic heterocycles. The van der Waals surface area contributed by atoms with Crippen molar-refractivity contribution in [3.8, 4) is 5.75 Å². The summed E-state index contributed by atoms with van der Waals surface area (Å²) in [7, 11) is 0. The van der Waals surface area contributed by atoms with Gasteiger partial charge in [-0.25, -0.2) is 9.48 Å². The van der Waals surface area contributed by atoms with Crippen molar-refractivity contribution in [2.45, 2.75) is 26.3 Å². The van der Waals surface area contributed by atoms with Crippen molar-refractivity contribution >= 4 is 5.78 Å². The third-order valence-corrected chi connectivity index (χ3v) is 2.71. The molecule has 0 spiro atoms. The first kappa shape index (κ1) is 14.0. The number of ether oxygens (including phenoxy) is 1. The van der Waals surface area contributed by atoms with Gasteiger partial charge in [0.2, 0.25) is 0 Å². The quantitative estimate of drug-likeness (QED) is 0.863. The van der Waals surface area contributed by atoms with Gasteiger partial charge in [-0.3, -0.25) is 9.78 Å². The molecule has 2 aromatic rings. The Bertz CT molecular complexity index is 629. The molecule has 20 heavy (non-hydrogen) atoms. The van der Waals surface area contributed by atoms with Crippen LogP contribution in [0.25, 0.3) is 0 Å². The minimum absolute atomic E-state index is 0.0830. The first-order valence-electron chi connectivity index (χ1n) is 6.43. The molecule has 0 bridgehead atoms. The van der Waals surface area contributed by atoms with Crippen LogP contribution >= 0.6 is 0 Å². The van der Waals surface area contributed by atoms with Crippen LogP contribution < -0.4 is 10.4 Å². The first-order valence-corrected chi connectivity index (χ1v) is 6.43. The van der Waals surface area contributed by atoms with Gasteiger partial charge in [0.1, 0.15) is 24.7 Å². The monoisotopic (exact) mass is 275 g/mol. The lowest BCUT2D eigenvalue weighted by Crippen LogP contribution is -2.26. The van der Waals surface area contributed by atoms with Crippen molar-refractivity contribution in [3.05, 3.63) is 46.6 Å². The Morgan fingerprint density at radius 2 is 2.05 bits per heavy atom. The van der Waals surface area contributed by atoms with Crippen molar-refractivity contribution in [3.63, 3.8) is 0 Å². The van der Waals surface area contributed by atoms with Crippen molar-refractivity contribution in [2.75, 3.05) is 6.61 Å². The molecule has 0 amide bonds. The fourth-order valence-electron chi connectivity index (χ4n) is 1.63. The molecule has 0 radical (unpaired) electrons. The second-order valence-electron chi connectivity index (χ2n) is 4.77. The van der Waals surface area contributed by atoms with E-state index in [2.05, 4.69) is 10.1 Å². The molecule has 6 nitrogen and oxygen atoms in total. The van der Waals surface area contributed by atoms with E-state index in [1.807, 2.05) is 32.0 Å². The number of hydrogen-bond donors (Lipinski definition) is 1. The van der Waals surface area contributed by atoms with Gasteiger partial charge in [-0.1, -0.05) is 32.0 Å². The second kappa shape index (κ2) is 6.18. The van der Waals surface area contributed by atoms with E-state index in [9.17, 15) is 9.59 Å². The van der Waals surface area contributed by atoms with Gasteiger partial charge < -0.3 is 4.74 Å². The van der Waals surface area contributed by atoms with Crippen LogP contribution in [0.5, 0.6) is 5.75 Å². The highest BCUT2D eigenvalue weighted by atomic mass is 16.5. The second-order valence-corrected chi connectivity index (χ2v) is 4.77. The molecule has 1 heterocycles. The van der Waals surface area contributed by atoms with Crippen LogP contribution in [0.2, 0.25) is 0 Å². The highest BCUT2D eigenvalue weighted by molar-refractivity contribution is 5.79. The maximum atomic E-state index is 11.8. The van der Waals surface area contributed by atoms with Crippen LogP contribution in [-0.2, 0) is 11.3 Å². The van der Waals surface area contributed by atoms with E-state index >= 15 is 0 Å². The summed E-state index contributed by atoms with van der Waals surface area (Å²) >= 11 is 0. The predicted molar refractivity (Wildman–Crippen MR) is 73.9 cm³/mol. The van der Waals surface area contributed by atoms with Gasteiger partial charge in [-0.2, -0.15) is 5.10 Å². The fourth-order valence-corrected chi connectivity index (χ4v) is 1.63. The van der Waals surface area contributed by atoms with Crippen LogP contribution in [-0.4, -0.2) is 27.2 Å². The molecule has 0 saturated carbocycles. The molecule has 0 atom stereocenters. The van der Waals surface area contributed by atoms with Crippen molar-refractivity contribution in [2.24, 2.45) is 0 Å². The molecule has 0 aliphatic rings. The number of benzene rings is 1. The average Bonchev–Trinajstić information content (AvgIpc) is 2.79. The number of nitrogens with zero attached hydrogens (tertiary/aromatic N) is 2. The average molecular weight is 275 g/mol. The van der Waals surface area contributed by atoms with E-state index in [1.165, 1.54) is 0 Å². The molecule has 0 saturated heterocycles. The van der Waals surface area contributed by atoms with Crippen molar-refractivity contribution in [1.29, 1.82) is 0 Å². The molecular formula is C14H17N3O3. The Labute approximate surface area is 116 Å². The molecule has 0 aliphatic carbocycles. The third-order valence-electron chi connectivity index (χ3n) is 2.71. The summed E-state index contributed by atoms with van der Waals surface area (Å²) in [6.45, 7) is 3.67. The zero-order valence-corrected chi connectivity index (χ0v) is 11.5. The predicted octanol–water partition coefficient (Wildman–Crippen LogP) is 1.34. The third kappa shape index (κ3) is 3.57. The summed E-state index contributed by atoms with van der Waals surface area (Å²) in [6, 6.07) is 9.06. The number of Topliss-reactive ketones (excluding diaryl/α,β-unsaturated/α-hetero) is 1. The maximum absolute atomic E-state index is 11.8. The van der Waals surface area contributed by atoms with Gasteiger partial charge in [0.05, 0.1) is 0 Å². The standard InChI is InChI=1S/C14H17N3O3/c1-10(2)13-15-14(19)17(16-13)8-11(18)9-20-12-6-4-3-5-7-12/h3-7,10H,8-9H2,1-2H3,(H,15,16,19). The lowest BCUT2D eigenvalue weighted by Gasteiger charge is -2.04. The van der Waals surface area contributed by atoms with E-state index in [1.54, 1.807) is 12.1 Å². The molecule has 0 aliphatic heterocycles. The van der Waals surface area contributed by atoms with Crippen molar-refractivity contribution in [1.82, 2.24) is 14.8 Å². The maximum Gasteiger partial charge on any atom is 0.343 e. The number of carbonyl (C=O) groups is 1. The van der Waals surface area contributed by atoms with Gasteiger partial charge in [0, 0.05) is 5.92 Å². The van der Waals surface area contributed by atoms with Gasteiger partial charge in [-0.15, -0.1) is 0 Å². The Kier molecular flexibility index (Phi) is 4.34. The normalized spacial score (nSPS) is 10.8. The number of ketones is 1. The molecule has 0 unspecified atom stereocenters. The van der Waals surface area contributed by atoms with Gasteiger partial charge in [-0.05, 0) is 12.1 Å².